The Morgan fingerprint density at radius 2 is 2.19 bits per heavy atom. The van der Waals surface area contributed by atoms with Crippen LogP contribution in [0.15, 0.2) is 43.2 Å². The Kier molecular flexibility index (Phi) is 5.99. The molecule has 3 aromatic heterocycles. The molecule has 144 valence electrons. The number of amides is 1. The van der Waals surface area contributed by atoms with Crippen LogP contribution < -0.4 is 5.32 Å². The van der Waals surface area contributed by atoms with Gasteiger partial charge in [0.25, 0.3) is 0 Å². The van der Waals surface area contributed by atoms with Crippen LogP contribution in [0.25, 0.3) is 5.65 Å². The van der Waals surface area contributed by atoms with E-state index in [1.54, 1.807) is 0 Å². The van der Waals surface area contributed by atoms with E-state index in [1.807, 2.05) is 35.0 Å². The maximum atomic E-state index is 13.1. The highest BCUT2D eigenvalue weighted by molar-refractivity contribution is 7.98. The lowest BCUT2D eigenvalue weighted by Gasteiger charge is -2.20. The molecule has 0 aromatic carbocycles. The fourth-order valence-electron chi connectivity index (χ4n) is 2.43. The third kappa shape index (κ3) is 5.22. The molecule has 11 heteroatoms. The highest BCUT2D eigenvalue weighted by Crippen LogP contribution is 2.29. The summed E-state index contributed by atoms with van der Waals surface area (Å²) in [4.78, 5) is 19.8. The number of imidazole rings is 1. The lowest BCUT2D eigenvalue weighted by Crippen LogP contribution is -2.38. The molecule has 1 atom stereocenters. The van der Waals surface area contributed by atoms with E-state index in [2.05, 4.69) is 20.4 Å². The van der Waals surface area contributed by atoms with Crippen molar-refractivity contribution in [3.8, 4) is 0 Å². The van der Waals surface area contributed by atoms with Crippen LogP contribution in [0, 0.1) is 0 Å². The number of rotatable bonds is 8. The van der Waals surface area contributed by atoms with Crippen molar-refractivity contribution in [3.63, 3.8) is 0 Å². The van der Waals surface area contributed by atoms with E-state index in [4.69, 9.17) is 0 Å². The lowest BCUT2D eigenvalue weighted by atomic mass is 10.3. The number of alkyl halides is 3. The summed E-state index contributed by atoms with van der Waals surface area (Å²) in [6, 6.07) is 3.77. The first-order chi connectivity index (χ1) is 12.9. The number of hydrogen-bond acceptors (Lipinski definition) is 5. The molecule has 0 spiro atoms. The first-order valence-electron chi connectivity index (χ1n) is 8.11. The van der Waals surface area contributed by atoms with Crippen LogP contribution in [0.5, 0.6) is 0 Å². The van der Waals surface area contributed by atoms with E-state index in [0.29, 0.717) is 16.2 Å². The second-order valence-corrected chi connectivity index (χ2v) is 6.84. The van der Waals surface area contributed by atoms with Crippen LogP contribution in [0.1, 0.15) is 18.2 Å². The average Bonchev–Trinajstić information content (AvgIpc) is 3.27. The van der Waals surface area contributed by atoms with Gasteiger partial charge in [-0.3, -0.25) is 4.79 Å². The molecule has 0 aliphatic carbocycles. The molecule has 1 unspecified atom stereocenters. The van der Waals surface area contributed by atoms with E-state index in [0.717, 1.165) is 24.0 Å². The summed E-state index contributed by atoms with van der Waals surface area (Å²) in [5, 5.41) is 5.83. The van der Waals surface area contributed by atoms with Crippen LogP contribution in [0.4, 0.5) is 13.2 Å². The number of carbonyl (C=O) groups is 1. The largest absolute Gasteiger partial charge is 0.412 e. The van der Waals surface area contributed by atoms with Crippen molar-refractivity contribution in [3.05, 3.63) is 48.9 Å². The smallest absolute Gasteiger partial charge is 0.354 e. The second kappa shape index (κ2) is 8.42. The van der Waals surface area contributed by atoms with Crippen LogP contribution in [0.2, 0.25) is 0 Å². The number of carbonyl (C=O) groups excluding carboxylic acids is 1. The number of thioether (sulfide) groups is 1. The van der Waals surface area contributed by atoms with Crippen molar-refractivity contribution in [1.29, 1.82) is 0 Å². The van der Waals surface area contributed by atoms with Gasteiger partial charge in [0, 0.05) is 36.9 Å². The Labute approximate surface area is 157 Å². The van der Waals surface area contributed by atoms with Gasteiger partial charge in [-0.1, -0.05) is 6.07 Å². The number of hydrogen-bond donors (Lipinski definition) is 1. The van der Waals surface area contributed by atoms with Gasteiger partial charge in [0.05, 0.1) is 5.69 Å². The van der Waals surface area contributed by atoms with Crippen molar-refractivity contribution < 1.29 is 18.0 Å². The standard InChI is InChI=1S/C16H17F3N6OS/c17-16(18,19)13(25-11-20-10-22-25)7-21-15(26)4-6-27-9-12-8-24-5-2-1-3-14(24)23-12/h1-3,5,8,10-11,13H,4,6-7,9H2,(H,21,26). The molecule has 0 saturated carbocycles. The predicted octanol–water partition coefficient (Wildman–Crippen LogP) is 2.47. The van der Waals surface area contributed by atoms with E-state index in [9.17, 15) is 18.0 Å². The fraction of sp³-hybridized carbons (Fsp3) is 0.375. The van der Waals surface area contributed by atoms with Gasteiger partial charge in [-0.05, 0) is 12.1 Å². The first kappa shape index (κ1) is 19.2. The van der Waals surface area contributed by atoms with E-state index < -0.39 is 24.7 Å². The number of halogens is 3. The summed E-state index contributed by atoms with van der Waals surface area (Å²) in [6.07, 6.45) is 1.41. The zero-order chi connectivity index (χ0) is 19.3. The summed E-state index contributed by atoms with van der Waals surface area (Å²) < 4.78 is 41.8. The van der Waals surface area contributed by atoms with Crippen LogP contribution in [0.3, 0.4) is 0 Å². The Morgan fingerprint density at radius 3 is 2.89 bits per heavy atom. The van der Waals surface area contributed by atoms with Crippen molar-refractivity contribution in [2.24, 2.45) is 0 Å². The highest BCUT2D eigenvalue weighted by Gasteiger charge is 2.41. The number of nitrogens with one attached hydrogen (secondary N) is 1. The minimum absolute atomic E-state index is 0.125. The molecular weight excluding hydrogens is 381 g/mol. The van der Waals surface area contributed by atoms with Crippen LogP contribution in [-0.4, -0.2) is 48.5 Å². The summed E-state index contributed by atoms with van der Waals surface area (Å²) >= 11 is 1.50. The predicted molar refractivity (Wildman–Crippen MR) is 94.1 cm³/mol. The Morgan fingerprint density at radius 1 is 1.33 bits per heavy atom. The van der Waals surface area contributed by atoms with Crippen LogP contribution >= 0.6 is 11.8 Å². The average molecular weight is 398 g/mol. The minimum Gasteiger partial charge on any atom is -0.354 e. The number of fused-ring (bicyclic) bond motifs is 1. The van der Waals surface area contributed by atoms with Crippen molar-refractivity contribution in [1.82, 2.24) is 29.5 Å². The lowest BCUT2D eigenvalue weighted by molar-refractivity contribution is -0.169. The normalized spacial score (nSPS) is 13.0. The number of nitrogens with zero attached hydrogens (tertiary/aromatic N) is 5. The maximum Gasteiger partial charge on any atom is 0.412 e. The SMILES string of the molecule is O=C(CCSCc1cn2ccccc2n1)NCC(n1cncn1)C(F)(F)F. The Hall–Kier alpha value is -2.56. The Balaban J connectivity index is 1.41. The van der Waals surface area contributed by atoms with Gasteiger partial charge in [-0.25, -0.2) is 14.6 Å². The molecule has 1 amide bonds. The minimum atomic E-state index is -4.53. The zero-order valence-electron chi connectivity index (χ0n) is 14.1. The molecule has 27 heavy (non-hydrogen) atoms. The molecule has 0 aliphatic heterocycles. The number of aromatic nitrogens is 5. The summed E-state index contributed by atoms with van der Waals surface area (Å²) in [6.45, 7) is -0.581. The quantitative estimate of drug-likeness (QED) is 0.590. The summed E-state index contributed by atoms with van der Waals surface area (Å²) in [5.41, 5.74) is 1.73. The van der Waals surface area contributed by atoms with Gasteiger partial charge in [0.1, 0.15) is 18.3 Å². The van der Waals surface area contributed by atoms with Gasteiger partial charge in [-0.2, -0.15) is 30.0 Å². The van der Waals surface area contributed by atoms with Gasteiger partial charge in [0.2, 0.25) is 5.91 Å². The second-order valence-electron chi connectivity index (χ2n) is 5.74. The van der Waals surface area contributed by atoms with Crippen molar-refractivity contribution in [2.45, 2.75) is 24.4 Å². The van der Waals surface area contributed by atoms with E-state index in [-0.39, 0.29) is 6.42 Å². The molecule has 7 nitrogen and oxygen atoms in total. The zero-order valence-corrected chi connectivity index (χ0v) is 15.0. The molecule has 1 N–H and O–H groups in total. The van der Waals surface area contributed by atoms with Crippen molar-refractivity contribution in [2.75, 3.05) is 12.3 Å². The summed E-state index contributed by atoms with van der Waals surface area (Å²) in [7, 11) is 0. The van der Waals surface area contributed by atoms with Crippen LogP contribution in [-0.2, 0) is 10.5 Å². The molecule has 0 aliphatic rings. The molecule has 0 fully saturated rings. The van der Waals surface area contributed by atoms with E-state index in [1.165, 1.54) is 11.8 Å². The highest BCUT2D eigenvalue weighted by atomic mass is 32.2. The first-order valence-corrected chi connectivity index (χ1v) is 9.27. The maximum absolute atomic E-state index is 13.1. The molecule has 0 radical (unpaired) electrons. The van der Waals surface area contributed by atoms with Crippen molar-refractivity contribution >= 4 is 23.3 Å². The molecule has 3 aromatic rings. The molecular formula is C16H17F3N6OS. The third-order valence-electron chi connectivity index (χ3n) is 3.76. The monoisotopic (exact) mass is 398 g/mol. The molecule has 0 bridgehead atoms. The fourth-order valence-corrected chi connectivity index (χ4v) is 3.26. The third-order valence-corrected chi connectivity index (χ3v) is 4.76. The van der Waals surface area contributed by atoms with Gasteiger partial charge in [-0.15, -0.1) is 0 Å². The summed E-state index contributed by atoms with van der Waals surface area (Å²) in [5.74, 6) is 0.672. The van der Waals surface area contributed by atoms with Gasteiger partial charge < -0.3 is 9.72 Å². The van der Waals surface area contributed by atoms with Gasteiger partial charge in [0.15, 0.2) is 6.04 Å². The topological polar surface area (TPSA) is 77.1 Å². The Bertz CT molecular complexity index is 847. The van der Waals surface area contributed by atoms with Gasteiger partial charge >= 0.3 is 6.18 Å². The molecule has 3 rings (SSSR count). The number of pyridine rings is 1. The van der Waals surface area contributed by atoms with E-state index >= 15 is 0 Å². The molecule has 3 heterocycles. The molecule has 0 saturated heterocycles.